The Hall–Kier alpha value is -1.56. The van der Waals surface area contributed by atoms with Gasteiger partial charge in [0, 0.05) is 19.6 Å². The van der Waals surface area contributed by atoms with Crippen molar-refractivity contribution in [1.29, 1.82) is 0 Å². The van der Waals surface area contributed by atoms with Gasteiger partial charge in [0.25, 0.3) is 5.91 Å². The van der Waals surface area contributed by atoms with Gasteiger partial charge in [-0.05, 0) is 55.3 Å². The van der Waals surface area contributed by atoms with Gasteiger partial charge < -0.3 is 15.7 Å². The summed E-state index contributed by atoms with van der Waals surface area (Å²) in [5.74, 6) is 4.49. The first-order chi connectivity index (χ1) is 11.6. The summed E-state index contributed by atoms with van der Waals surface area (Å²) in [7, 11) is 1.81. The van der Waals surface area contributed by atoms with E-state index in [0.717, 1.165) is 17.8 Å². The van der Waals surface area contributed by atoms with E-state index in [1.54, 1.807) is 17.9 Å². The molecule has 6 heteroatoms. The number of hydrogen-bond donors (Lipinski definition) is 3. The van der Waals surface area contributed by atoms with Gasteiger partial charge in [0.15, 0.2) is 0 Å². The Kier molecular flexibility index (Phi) is 4.03. The molecule has 6 atom stereocenters. The smallest absolute Gasteiger partial charge is 0.256 e. The molecular formula is C18H28N4O2. The van der Waals surface area contributed by atoms with E-state index in [0.29, 0.717) is 35.8 Å². The summed E-state index contributed by atoms with van der Waals surface area (Å²) < 4.78 is 1.66. The number of fused-ring (bicyclic) bond motifs is 1. The Labute approximate surface area is 143 Å². The zero-order chi connectivity index (χ0) is 16.8. The molecule has 2 bridgehead atoms. The van der Waals surface area contributed by atoms with Crippen molar-refractivity contribution in [1.82, 2.24) is 15.1 Å². The molecule has 3 aliphatic rings. The largest absolute Gasteiger partial charge is 0.395 e. The molecule has 3 aliphatic carbocycles. The molecule has 0 aromatic carbocycles. The highest BCUT2D eigenvalue weighted by Gasteiger charge is 2.57. The minimum Gasteiger partial charge on any atom is -0.395 e. The molecule has 1 heterocycles. The van der Waals surface area contributed by atoms with Crippen LogP contribution in [-0.4, -0.2) is 40.0 Å². The lowest BCUT2D eigenvalue weighted by Crippen LogP contribution is -2.58. The first-order valence-electron chi connectivity index (χ1n) is 9.26. The van der Waals surface area contributed by atoms with Gasteiger partial charge in [0.2, 0.25) is 0 Å². The third kappa shape index (κ3) is 2.51. The summed E-state index contributed by atoms with van der Waals surface area (Å²) in [5.41, 5.74) is 0.577. The number of nitrogens with zero attached hydrogens (tertiary/aromatic N) is 2. The quantitative estimate of drug-likeness (QED) is 0.766. The van der Waals surface area contributed by atoms with Crippen molar-refractivity contribution in [2.24, 2.45) is 36.6 Å². The van der Waals surface area contributed by atoms with Gasteiger partial charge in [0.05, 0.1) is 12.8 Å². The molecule has 3 fully saturated rings. The van der Waals surface area contributed by atoms with Crippen LogP contribution in [0.5, 0.6) is 0 Å². The number of nitrogens with one attached hydrogen (secondary N) is 2. The molecule has 3 N–H and O–H groups in total. The zero-order valence-electron chi connectivity index (χ0n) is 14.5. The van der Waals surface area contributed by atoms with Crippen LogP contribution in [0.1, 0.15) is 43.0 Å². The second-order valence-electron chi connectivity index (χ2n) is 8.09. The molecule has 132 valence electrons. The predicted octanol–water partition coefficient (Wildman–Crippen LogP) is 1.62. The van der Waals surface area contributed by atoms with Crippen LogP contribution in [-0.2, 0) is 7.05 Å². The van der Waals surface area contributed by atoms with Crippen LogP contribution in [0.15, 0.2) is 6.20 Å². The molecular weight excluding hydrogens is 304 g/mol. The van der Waals surface area contributed by atoms with Crippen LogP contribution >= 0.6 is 0 Å². The highest BCUT2D eigenvalue weighted by molar-refractivity contribution is 5.99. The molecule has 1 amide bonds. The highest BCUT2D eigenvalue weighted by Crippen LogP contribution is 2.59. The molecule has 0 radical (unpaired) electrons. The Morgan fingerprint density at radius 2 is 2.04 bits per heavy atom. The maximum Gasteiger partial charge on any atom is 0.256 e. The normalized spacial score (nSPS) is 36.8. The maximum absolute atomic E-state index is 12.8. The van der Waals surface area contributed by atoms with Crippen molar-refractivity contribution in [3.63, 3.8) is 0 Å². The molecule has 0 saturated heterocycles. The summed E-state index contributed by atoms with van der Waals surface area (Å²) in [6.45, 7) is 2.81. The lowest BCUT2D eigenvalue weighted by atomic mass is 9.59. The van der Waals surface area contributed by atoms with E-state index in [4.69, 9.17) is 5.11 Å². The lowest BCUT2D eigenvalue weighted by Gasteiger charge is -2.50. The molecule has 0 aliphatic heterocycles. The maximum atomic E-state index is 12.8. The topological polar surface area (TPSA) is 79.2 Å². The van der Waals surface area contributed by atoms with E-state index in [1.165, 1.54) is 25.7 Å². The fraction of sp³-hybridized carbons (Fsp3) is 0.778. The third-order valence-corrected chi connectivity index (χ3v) is 6.53. The number of aromatic nitrogens is 2. The standard InChI is InChI=1S/C18H28N4O2/c1-10-5-11-7-12-13(6-10)16(14(12)8-11)21-18(24)15-9-20-22(2)17(15)19-3-4-23/h9-14,16,19,23H,3-8H2,1-2H3,(H,21,24). The monoisotopic (exact) mass is 332 g/mol. The predicted molar refractivity (Wildman–Crippen MR) is 91.6 cm³/mol. The number of carbonyl (C=O) groups excluding carboxylic acids is 1. The highest BCUT2D eigenvalue weighted by atomic mass is 16.3. The number of aliphatic hydroxyl groups is 1. The first kappa shape index (κ1) is 15.9. The Morgan fingerprint density at radius 3 is 2.83 bits per heavy atom. The van der Waals surface area contributed by atoms with Crippen molar-refractivity contribution in [2.45, 2.75) is 38.6 Å². The van der Waals surface area contributed by atoms with Gasteiger partial charge in [-0.15, -0.1) is 0 Å². The molecule has 6 unspecified atom stereocenters. The van der Waals surface area contributed by atoms with Crippen LogP contribution in [0.2, 0.25) is 0 Å². The van der Waals surface area contributed by atoms with E-state index >= 15 is 0 Å². The molecule has 24 heavy (non-hydrogen) atoms. The van der Waals surface area contributed by atoms with Gasteiger partial charge in [-0.1, -0.05) is 6.92 Å². The number of hydrogen-bond acceptors (Lipinski definition) is 4. The first-order valence-corrected chi connectivity index (χ1v) is 9.26. The minimum absolute atomic E-state index is 0.0277. The summed E-state index contributed by atoms with van der Waals surface area (Å²) >= 11 is 0. The van der Waals surface area contributed by atoms with Crippen LogP contribution in [0.25, 0.3) is 0 Å². The van der Waals surface area contributed by atoms with Crippen molar-refractivity contribution in [3.8, 4) is 0 Å². The van der Waals surface area contributed by atoms with Gasteiger partial charge in [0.1, 0.15) is 11.4 Å². The van der Waals surface area contributed by atoms with Gasteiger partial charge in [-0.25, -0.2) is 0 Å². The number of amides is 1. The van der Waals surface area contributed by atoms with E-state index in [2.05, 4.69) is 22.7 Å². The van der Waals surface area contributed by atoms with Gasteiger partial charge in [-0.2, -0.15) is 5.10 Å². The molecule has 0 spiro atoms. The van der Waals surface area contributed by atoms with Crippen molar-refractivity contribution >= 4 is 11.7 Å². The number of rotatable bonds is 5. The summed E-state index contributed by atoms with van der Waals surface area (Å²) in [6.07, 6.45) is 6.92. The third-order valence-electron chi connectivity index (χ3n) is 6.53. The molecule has 3 saturated carbocycles. The number of aryl methyl sites for hydroxylation is 1. The van der Waals surface area contributed by atoms with Crippen molar-refractivity contribution in [2.75, 3.05) is 18.5 Å². The van der Waals surface area contributed by atoms with E-state index in [1.807, 2.05) is 0 Å². The average Bonchev–Trinajstić information content (AvgIpc) is 3.04. The molecule has 4 rings (SSSR count). The van der Waals surface area contributed by atoms with E-state index < -0.39 is 0 Å². The van der Waals surface area contributed by atoms with Crippen LogP contribution in [0.3, 0.4) is 0 Å². The van der Waals surface area contributed by atoms with Crippen molar-refractivity contribution in [3.05, 3.63) is 11.8 Å². The number of anilines is 1. The average molecular weight is 332 g/mol. The van der Waals surface area contributed by atoms with Gasteiger partial charge >= 0.3 is 0 Å². The molecule has 1 aromatic rings. The molecule has 1 aromatic heterocycles. The summed E-state index contributed by atoms with van der Waals surface area (Å²) in [5, 5.41) is 19.6. The van der Waals surface area contributed by atoms with Crippen molar-refractivity contribution < 1.29 is 9.90 Å². The Bertz CT molecular complexity index is 629. The fourth-order valence-corrected chi connectivity index (χ4v) is 5.63. The van der Waals surface area contributed by atoms with E-state index in [-0.39, 0.29) is 12.5 Å². The van der Waals surface area contributed by atoms with E-state index in [9.17, 15) is 4.79 Å². The van der Waals surface area contributed by atoms with Crippen LogP contribution in [0, 0.1) is 29.6 Å². The summed E-state index contributed by atoms with van der Waals surface area (Å²) in [4.78, 5) is 12.8. The second kappa shape index (κ2) is 6.06. The SMILES string of the molecule is CC1CC2CC3C(C1)C(NC(=O)c1cnn(C)c1NCCO)C3C2. The Morgan fingerprint density at radius 1 is 1.29 bits per heavy atom. The van der Waals surface area contributed by atoms with Gasteiger partial charge in [-0.3, -0.25) is 9.48 Å². The van der Waals surface area contributed by atoms with Crippen LogP contribution in [0.4, 0.5) is 5.82 Å². The number of aliphatic hydroxyl groups excluding tert-OH is 1. The Balaban J connectivity index is 1.47. The second-order valence-corrected chi connectivity index (χ2v) is 8.09. The van der Waals surface area contributed by atoms with Crippen LogP contribution < -0.4 is 10.6 Å². The fourth-order valence-electron chi connectivity index (χ4n) is 5.63. The minimum atomic E-state index is -0.0336. The number of carbonyl (C=O) groups is 1. The summed E-state index contributed by atoms with van der Waals surface area (Å²) in [6, 6.07) is 0.334. The molecule has 6 nitrogen and oxygen atoms in total. The lowest BCUT2D eigenvalue weighted by molar-refractivity contribution is 0.0194. The zero-order valence-corrected chi connectivity index (χ0v) is 14.5.